The van der Waals surface area contributed by atoms with Crippen molar-refractivity contribution >= 4 is 11.6 Å². The quantitative estimate of drug-likeness (QED) is 0.405. The van der Waals surface area contributed by atoms with Crippen LogP contribution in [0.1, 0.15) is 33.1 Å². The van der Waals surface area contributed by atoms with Gasteiger partial charge in [-0.15, -0.1) is 0 Å². The van der Waals surface area contributed by atoms with Crippen LogP contribution in [0.25, 0.3) is 0 Å². The minimum atomic E-state index is -3.27. The lowest BCUT2D eigenvalue weighted by atomic mass is 9.95. The number of hydrazine groups is 1. The molecule has 3 N–H and O–H groups in total. The fraction of sp³-hybridized carbons (Fsp3) is 1.00. The van der Waals surface area contributed by atoms with Crippen molar-refractivity contribution in [3.05, 3.63) is 0 Å². The van der Waals surface area contributed by atoms with Gasteiger partial charge in [0.05, 0.1) is 6.04 Å². The fourth-order valence-electron chi connectivity index (χ4n) is 1.25. The molecule has 2 nitrogen and oxygen atoms in total. The molecule has 0 aliphatic rings. The second-order valence-corrected chi connectivity index (χ2v) is 3.68. The van der Waals surface area contributed by atoms with Crippen molar-refractivity contribution < 1.29 is 8.78 Å². The Hall–Kier alpha value is 0.0700. The van der Waals surface area contributed by atoms with E-state index in [1.165, 1.54) is 0 Å². The normalized spacial score (nSPS) is 15.0. The minimum absolute atomic E-state index is 0.241. The van der Waals surface area contributed by atoms with Gasteiger partial charge >= 0.3 is 5.38 Å². The van der Waals surface area contributed by atoms with Gasteiger partial charge in [-0.05, 0) is 23.9 Å². The Balaban J connectivity index is 4.11. The molecular formula is C8H17ClF2N2. The summed E-state index contributed by atoms with van der Waals surface area (Å²) in [6.07, 6.45) is 2.03. The van der Waals surface area contributed by atoms with Gasteiger partial charge in [-0.3, -0.25) is 5.84 Å². The highest BCUT2D eigenvalue weighted by molar-refractivity contribution is 6.22. The minimum Gasteiger partial charge on any atom is -0.271 e. The monoisotopic (exact) mass is 214 g/mol. The molecule has 1 atom stereocenters. The van der Waals surface area contributed by atoms with Crippen molar-refractivity contribution in [2.45, 2.75) is 44.5 Å². The van der Waals surface area contributed by atoms with Crippen LogP contribution < -0.4 is 11.3 Å². The van der Waals surface area contributed by atoms with Crippen LogP contribution in [0, 0.1) is 5.92 Å². The van der Waals surface area contributed by atoms with Crippen molar-refractivity contribution in [2.24, 2.45) is 11.8 Å². The first kappa shape index (κ1) is 13.1. The first-order valence-corrected chi connectivity index (χ1v) is 4.86. The molecule has 1 unspecified atom stereocenters. The fourth-order valence-corrected chi connectivity index (χ4v) is 1.40. The maximum Gasteiger partial charge on any atom is 0.338 e. The Morgan fingerprint density at radius 3 is 2.08 bits per heavy atom. The first-order valence-electron chi connectivity index (χ1n) is 4.48. The molecule has 0 aromatic carbocycles. The molecule has 0 saturated carbocycles. The van der Waals surface area contributed by atoms with Gasteiger partial charge in [-0.1, -0.05) is 26.7 Å². The van der Waals surface area contributed by atoms with Gasteiger partial charge in [0.2, 0.25) is 0 Å². The molecule has 0 amide bonds. The Labute approximate surface area is 82.8 Å². The van der Waals surface area contributed by atoms with E-state index in [0.29, 0.717) is 6.42 Å². The van der Waals surface area contributed by atoms with E-state index >= 15 is 0 Å². The number of nitrogens with two attached hydrogens (primary N) is 1. The topological polar surface area (TPSA) is 38.0 Å². The van der Waals surface area contributed by atoms with Crippen molar-refractivity contribution in [3.63, 3.8) is 0 Å². The molecule has 0 aliphatic heterocycles. The maximum atomic E-state index is 12.6. The lowest BCUT2D eigenvalue weighted by Gasteiger charge is -2.24. The maximum absolute atomic E-state index is 12.6. The third-order valence-electron chi connectivity index (χ3n) is 2.32. The average molecular weight is 215 g/mol. The highest BCUT2D eigenvalue weighted by atomic mass is 35.5. The number of hydrogen-bond acceptors (Lipinski definition) is 2. The molecule has 5 heteroatoms. The summed E-state index contributed by atoms with van der Waals surface area (Å²) in [6.45, 7) is 3.93. The van der Waals surface area contributed by atoms with Crippen LogP contribution in [0.4, 0.5) is 8.78 Å². The van der Waals surface area contributed by atoms with Crippen LogP contribution in [0.15, 0.2) is 0 Å². The molecule has 0 saturated heterocycles. The molecular weight excluding hydrogens is 198 g/mol. The van der Waals surface area contributed by atoms with E-state index in [9.17, 15) is 8.78 Å². The number of hydrogen-bond donors (Lipinski definition) is 2. The van der Waals surface area contributed by atoms with E-state index in [0.717, 1.165) is 12.8 Å². The molecule has 0 radical (unpaired) electrons. The van der Waals surface area contributed by atoms with Crippen LogP contribution in [-0.2, 0) is 0 Å². The van der Waals surface area contributed by atoms with E-state index in [1.807, 2.05) is 13.8 Å². The molecule has 0 aromatic rings. The zero-order valence-electron chi connectivity index (χ0n) is 7.99. The van der Waals surface area contributed by atoms with Crippen LogP contribution in [-0.4, -0.2) is 11.4 Å². The van der Waals surface area contributed by atoms with Gasteiger partial charge in [0.15, 0.2) is 0 Å². The van der Waals surface area contributed by atoms with Crippen LogP contribution in [0.2, 0.25) is 0 Å². The summed E-state index contributed by atoms with van der Waals surface area (Å²) >= 11 is 4.88. The van der Waals surface area contributed by atoms with Crippen LogP contribution in [0.5, 0.6) is 0 Å². The molecule has 80 valence electrons. The highest BCUT2D eigenvalue weighted by Gasteiger charge is 2.37. The summed E-state index contributed by atoms with van der Waals surface area (Å²) in [4.78, 5) is 0. The molecule has 0 aliphatic carbocycles. The third-order valence-corrected chi connectivity index (χ3v) is 2.58. The molecule has 0 rings (SSSR count). The molecule has 0 bridgehead atoms. The van der Waals surface area contributed by atoms with Crippen molar-refractivity contribution in [1.29, 1.82) is 0 Å². The van der Waals surface area contributed by atoms with E-state index < -0.39 is 11.4 Å². The average Bonchev–Trinajstić information content (AvgIpc) is 2.04. The summed E-state index contributed by atoms with van der Waals surface area (Å²) in [5.41, 5.74) is 2.06. The Bertz CT molecular complexity index is 135. The largest absolute Gasteiger partial charge is 0.338 e. The lowest BCUT2D eigenvalue weighted by molar-refractivity contribution is 0.0391. The third kappa shape index (κ3) is 4.74. The smallest absolute Gasteiger partial charge is 0.271 e. The molecule has 13 heavy (non-hydrogen) atoms. The number of nitrogens with one attached hydrogen (secondary N) is 1. The zero-order chi connectivity index (χ0) is 10.5. The van der Waals surface area contributed by atoms with Gasteiger partial charge in [0, 0.05) is 0 Å². The molecule has 0 aromatic heterocycles. The summed E-state index contributed by atoms with van der Waals surface area (Å²) in [5, 5.41) is -3.27. The second kappa shape index (κ2) is 5.73. The predicted molar refractivity (Wildman–Crippen MR) is 50.6 cm³/mol. The molecule has 0 fully saturated rings. The number of rotatable bonds is 6. The Morgan fingerprint density at radius 1 is 1.38 bits per heavy atom. The van der Waals surface area contributed by atoms with E-state index in [1.54, 1.807) is 0 Å². The first-order chi connectivity index (χ1) is 5.95. The van der Waals surface area contributed by atoms with Gasteiger partial charge in [-0.2, -0.15) is 8.78 Å². The highest BCUT2D eigenvalue weighted by Crippen LogP contribution is 2.29. The standard InChI is InChI=1S/C8H17ClF2N2/c1-3-6(4-2)5-7(13-12)8(9,10)11/h6-7,13H,3-5,12H2,1-2H3. The SMILES string of the molecule is CCC(CC)CC(NN)C(F)(F)Cl. The summed E-state index contributed by atoms with van der Waals surface area (Å²) < 4.78 is 25.3. The van der Waals surface area contributed by atoms with E-state index in [-0.39, 0.29) is 5.92 Å². The van der Waals surface area contributed by atoms with Gasteiger partial charge in [0.25, 0.3) is 0 Å². The van der Waals surface area contributed by atoms with E-state index in [2.05, 4.69) is 5.43 Å². The van der Waals surface area contributed by atoms with Crippen molar-refractivity contribution in [1.82, 2.24) is 5.43 Å². The van der Waals surface area contributed by atoms with Gasteiger partial charge in [0.1, 0.15) is 0 Å². The Kier molecular flexibility index (Phi) is 5.76. The summed E-state index contributed by atoms with van der Waals surface area (Å²) in [7, 11) is 0. The van der Waals surface area contributed by atoms with Crippen molar-refractivity contribution in [2.75, 3.05) is 0 Å². The molecule has 0 heterocycles. The van der Waals surface area contributed by atoms with Crippen LogP contribution in [0.3, 0.4) is 0 Å². The Morgan fingerprint density at radius 2 is 1.85 bits per heavy atom. The van der Waals surface area contributed by atoms with Gasteiger partial charge in [-0.25, -0.2) is 5.43 Å². The predicted octanol–water partition coefficient (Wildman–Crippen LogP) is 2.48. The number of alkyl halides is 3. The summed E-state index contributed by atoms with van der Waals surface area (Å²) in [5.74, 6) is 5.24. The number of halogens is 3. The molecule has 0 spiro atoms. The second-order valence-electron chi connectivity index (χ2n) is 3.18. The lowest BCUT2D eigenvalue weighted by Crippen LogP contribution is -2.46. The van der Waals surface area contributed by atoms with Crippen molar-refractivity contribution in [3.8, 4) is 0 Å². The van der Waals surface area contributed by atoms with Crippen LogP contribution >= 0.6 is 11.6 Å². The zero-order valence-corrected chi connectivity index (χ0v) is 8.74. The van der Waals surface area contributed by atoms with Gasteiger partial charge < -0.3 is 0 Å². The van der Waals surface area contributed by atoms with E-state index in [4.69, 9.17) is 17.4 Å². The summed E-state index contributed by atoms with van der Waals surface area (Å²) in [6, 6.07) is -1.14.